The molecule has 130 valence electrons. The van der Waals surface area contributed by atoms with E-state index in [2.05, 4.69) is 26.9 Å². The number of fused-ring (bicyclic) bond motifs is 1. The minimum Gasteiger partial charge on any atom is -0.342 e. The van der Waals surface area contributed by atoms with Crippen LogP contribution in [0.1, 0.15) is 44.1 Å². The monoisotopic (exact) mass is 327 g/mol. The Morgan fingerprint density at radius 2 is 1.71 bits per heavy atom. The van der Waals surface area contributed by atoms with E-state index in [0.29, 0.717) is 11.8 Å². The van der Waals surface area contributed by atoms with Crippen molar-refractivity contribution in [1.82, 2.24) is 14.8 Å². The molecule has 2 atom stereocenters. The molecule has 1 saturated carbocycles. The summed E-state index contributed by atoms with van der Waals surface area (Å²) < 4.78 is 0. The smallest absolute Gasteiger partial charge is 0.222 e. The number of hydrogen-bond donors (Lipinski definition) is 0. The summed E-state index contributed by atoms with van der Waals surface area (Å²) in [6.45, 7) is 5.34. The first kappa shape index (κ1) is 16.1. The molecule has 1 aromatic heterocycles. The van der Waals surface area contributed by atoms with Gasteiger partial charge in [0, 0.05) is 38.4 Å². The van der Waals surface area contributed by atoms with Crippen molar-refractivity contribution in [2.24, 2.45) is 17.8 Å². The van der Waals surface area contributed by atoms with Crippen molar-refractivity contribution in [2.45, 2.75) is 45.1 Å². The Hall–Kier alpha value is -1.42. The highest BCUT2D eigenvalue weighted by Gasteiger charge is 2.38. The lowest BCUT2D eigenvalue weighted by Gasteiger charge is -2.32. The van der Waals surface area contributed by atoms with Gasteiger partial charge in [-0.2, -0.15) is 0 Å². The Bertz CT molecular complexity index is 541. The number of amides is 1. The first-order valence-corrected chi connectivity index (χ1v) is 9.67. The van der Waals surface area contributed by atoms with Crippen molar-refractivity contribution < 1.29 is 4.79 Å². The molecule has 2 saturated heterocycles. The number of likely N-dealkylation sites (tertiary alicyclic amines) is 2. The van der Waals surface area contributed by atoms with Gasteiger partial charge < -0.3 is 4.90 Å². The van der Waals surface area contributed by atoms with Crippen LogP contribution in [0.15, 0.2) is 24.5 Å². The zero-order valence-electron chi connectivity index (χ0n) is 14.6. The number of hydrogen-bond acceptors (Lipinski definition) is 3. The summed E-state index contributed by atoms with van der Waals surface area (Å²) in [6, 6.07) is 4.19. The standard InChI is InChI=1S/C20H29N3O/c24-20(23-14-18-2-1-3-19(18)15-23)12-16-6-10-22(11-7-16)13-17-4-8-21-9-5-17/h4-5,8-9,16,18-19H,1-3,6-7,10-15H2. The van der Waals surface area contributed by atoms with Gasteiger partial charge in [0.05, 0.1) is 0 Å². The molecule has 1 amide bonds. The predicted octanol–water partition coefficient (Wildman–Crippen LogP) is 2.94. The third-order valence-corrected chi connectivity index (χ3v) is 6.40. The number of nitrogens with zero attached hydrogens (tertiary/aromatic N) is 3. The zero-order valence-corrected chi connectivity index (χ0v) is 14.6. The Kier molecular flexibility index (Phi) is 4.83. The van der Waals surface area contributed by atoms with Crippen LogP contribution in [0, 0.1) is 17.8 Å². The predicted molar refractivity (Wildman–Crippen MR) is 94.3 cm³/mol. The van der Waals surface area contributed by atoms with Gasteiger partial charge in [-0.1, -0.05) is 6.42 Å². The van der Waals surface area contributed by atoms with Gasteiger partial charge >= 0.3 is 0 Å². The maximum absolute atomic E-state index is 12.6. The van der Waals surface area contributed by atoms with E-state index in [-0.39, 0.29) is 0 Å². The topological polar surface area (TPSA) is 36.4 Å². The number of carbonyl (C=O) groups is 1. The molecule has 0 N–H and O–H groups in total. The molecule has 4 heteroatoms. The molecule has 2 unspecified atom stereocenters. The molecule has 24 heavy (non-hydrogen) atoms. The van der Waals surface area contributed by atoms with Crippen LogP contribution in [0.5, 0.6) is 0 Å². The molecular weight excluding hydrogens is 298 g/mol. The summed E-state index contributed by atoms with van der Waals surface area (Å²) in [5, 5.41) is 0. The van der Waals surface area contributed by atoms with Gasteiger partial charge in [-0.25, -0.2) is 0 Å². The molecular formula is C20H29N3O. The molecule has 3 heterocycles. The molecule has 3 fully saturated rings. The second-order valence-electron chi connectivity index (χ2n) is 8.03. The van der Waals surface area contributed by atoms with Crippen LogP contribution in [-0.2, 0) is 11.3 Å². The highest BCUT2D eigenvalue weighted by molar-refractivity contribution is 5.76. The van der Waals surface area contributed by atoms with Crippen LogP contribution in [0.3, 0.4) is 0 Å². The van der Waals surface area contributed by atoms with Crippen LogP contribution in [-0.4, -0.2) is 46.9 Å². The fourth-order valence-corrected chi connectivity index (χ4v) is 4.91. The van der Waals surface area contributed by atoms with Crippen molar-refractivity contribution in [1.29, 1.82) is 0 Å². The molecule has 1 aromatic rings. The van der Waals surface area contributed by atoms with Crippen LogP contribution in [0.2, 0.25) is 0 Å². The van der Waals surface area contributed by atoms with E-state index in [9.17, 15) is 4.79 Å². The first-order chi connectivity index (χ1) is 11.8. The number of rotatable bonds is 4. The summed E-state index contributed by atoms with van der Waals surface area (Å²) in [7, 11) is 0. The average Bonchev–Trinajstić information content (AvgIpc) is 3.19. The molecule has 4 nitrogen and oxygen atoms in total. The SMILES string of the molecule is O=C(CC1CCN(Cc2ccncc2)CC1)N1CC2CCCC2C1. The maximum Gasteiger partial charge on any atom is 0.222 e. The summed E-state index contributed by atoms with van der Waals surface area (Å²) in [5.41, 5.74) is 1.34. The summed E-state index contributed by atoms with van der Waals surface area (Å²) in [4.78, 5) is 21.4. The van der Waals surface area contributed by atoms with Crippen LogP contribution in [0.4, 0.5) is 0 Å². The Labute approximate surface area is 145 Å². The van der Waals surface area contributed by atoms with E-state index in [1.165, 1.54) is 24.8 Å². The third kappa shape index (κ3) is 3.64. The van der Waals surface area contributed by atoms with Gasteiger partial charge in [0.25, 0.3) is 0 Å². The van der Waals surface area contributed by atoms with Gasteiger partial charge in [0.15, 0.2) is 0 Å². The van der Waals surface area contributed by atoms with Crippen LogP contribution in [0.25, 0.3) is 0 Å². The van der Waals surface area contributed by atoms with E-state index in [4.69, 9.17) is 0 Å². The minimum atomic E-state index is 0.428. The molecule has 2 aliphatic heterocycles. The van der Waals surface area contributed by atoms with Crippen molar-refractivity contribution >= 4 is 5.91 Å². The lowest BCUT2D eigenvalue weighted by atomic mass is 9.92. The number of aromatic nitrogens is 1. The maximum atomic E-state index is 12.6. The Morgan fingerprint density at radius 1 is 1.04 bits per heavy atom. The van der Waals surface area contributed by atoms with E-state index < -0.39 is 0 Å². The fourth-order valence-electron chi connectivity index (χ4n) is 4.91. The molecule has 0 aromatic carbocycles. The highest BCUT2D eigenvalue weighted by Crippen LogP contribution is 2.38. The van der Waals surface area contributed by atoms with Crippen molar-refractivity contribution in [3.8, 4) is 0 Å². The van der Waals surface area contributed by atoms with Crippen molar-refractivity contribution in [3.05, 3.63) is 30.1 Å². The quantitative estimate of drug-likeness (QED) is 0.853. The van der Waals surface area contributed by atoms with Gasteiger partial charge in [0.1, 0.15) is 0 Å². The van der Waals surface area contributed by atoms with E-state index in [0.717, 1.165) is 63.8 Å². The summed E-state index contributed by atoms with van der Waals surface area (Å²) >= 11 is 0. The minimum absolute atomic E-state index is 0.428. The lowest BCUT2D eigenvalue weighted by Crippen LogP contribution is -2.36. The average molecular weight is 327 g/mol. The van der Waals surface area contributed by atoms with E-state index >= 15 is 0 Å². The second kappa shape index (κ2) is 7.22. The van der Waals surface area contributed by atoms with Gasteiger partial charge in [-0.3, -0.25) is 14.7 Å². The van der Waals surface area contributed by atoms with Crippen molar-refractivity contribution in [2.75, 3.05) is 26.2 Å². The molecule has 0 radical (unpaired) electrons. The second-order valence-corrected chi connectivity index (χ2v) is 8.03. The lowest BCUT2D eigenvalue weighted by molar-refractivity contribution is -0.131. The summed E-state index contributed by atoms with van der Waals surface area (Å²) in [5.74, 6) is 2.65. The van der Waals surface area contributed by atoms with Gasteiger partial charge in [0.2, 0.25) is 5.91 Å². The number of pyridine rings is 1. The van der Waals surface area contributed by atoms with Gasteiger partial charge in [-0.05, 0) is 74.2 Å². The van der Waals surface area contributed by atoms with Crippen LogP contribution < -0.4 is 0 Å². The number of piperidine rings is 1. The molecule has 0 bridgehead atoms. The van der Waals surface area contributed by atoms with E-state index in [1.807, 2.05) is 12.4 Å². The molecule has 0 spiro atoms. The summed E-state index contributed by atoms with van der Waals surface area (Å²) in [6.07, 6.45) is 10.9. The normalized spacial score (nSPS) is 28.2. The zero-order chi connectivity index (χ0) is 16.4. The molecule has 4 rings (SSSR count). The van der Waals surface area contributed by atoms with Crippen molar-refractivity contribution in [3.63, 3.8) is 0 Å². The van der Waals surface area contributed by atoms with E-state index in [1.54, 1.807) is 0 Å². The van der Waals surface area contributed by atoms with Crippen LogP contribution >= 0.6 is 0 Å². The van der Waals surface area contributed by atoms with Gasteiger partial charge in [-0.15, -0.1) is 0 Å². The Balaban J connectivity index is 1.21. The molecule has 1 aliphatic carbocycles. The number of carbonyl (C=O) groups excluding carboxylic acids is 1. The Morgan fingerprint density at radius 3 is 2.38 bits per heavy atom. The third-order valence-electron chi connectivity index (χ3n) is 6.40. The fraction of sp³-hybridized carbons (Fsp3) is 0.700. The molecule has 3 aliphatic rings. The first-order valence-electron chi connectivity index (χ1n) is 9.67. The largest absolute Gasteiger partial charge is 0.342 e. The highest BCUT2D eigenvalue weighted by atomic mass is 16.2.